The third-order valence-electron chi connectivity index (χ3n) is 3.33. The summed E-state index contributed by atoms with van der Waals surface area (Å²) in [6.07, 6.45) is 0.667. The lowest BCUT2D eigenvalue weighted by Gasteiger charge is -2.24. The van der Waals surface area contributed by atoms with Gasteiger partial charge in [0.05, 0.1) is 5.75 Å². The normalized spacial score (nSPS) is 12.9. The first-order valence-corrected chi connectivity index (χ1v) is 10.7. The maximum Gasteiger partial charge on any atom is 0.214 e. The highest BCUT2D eigenvalue weighted by molar-refractivity contribution is 7.89. The van der Waals surface area contributed by atoms with Gasteiger partial charge in [-0.15, -0.1) is 22.7 Å². The van der Waals surface area contributed by atoms with Crippen LogP contribution in [0.1, 0.15) is 36.9 Å². The van der Waals surface area contributed by atoms with Gasteiger partial charge in [0, 0.05) is 22.8 Å². The molecule has 0 saturated carbocycles. The average Bonchev–Trinajstić information content (AvgIpc) is 3.08. The van der Waals surface area contributed by atoms with Crippen LogP contribution in [0.3, 0.4) is 0 Å². The van der Waals surface area contributed by atoms with Crippen molar-refractivity contribution in [3.63, 3.8) is 0 Å². The molecule has 2 aromatic heterocycles. The molecule has 2 heterocycles. The lowest BCUT2D eigenvalue weighted by atomic mass is 9.94. The van der Waals surface area contributed by atoms with Gasteiger partial charge < -0.3 is 0 Å². The third-order valence-corrected chi connectivity index (χ3v) is 6.82. The molecule has 6 heteroatoms. The third kappa shape index (κ3) is 5.50. The van der Waals surface area contributed by atoms with E-state index in [0.29, 0.717) is 19.5 Å². The van der Waals surface area contributed by atoms with Crippen molar-refractivity contribution in [1.29, 1.82) is 0 Å². The lowest BCUT2D eigenvalue weighted by Crippen LogP contribution is -2.33. The predicted molar refractivity (Wildman–Crippen MR) is 95.7 cm³/mol. The lowest BCUT2D eigenvalue weighted by molar-refractivity contribution is 0.375. The molecule has 3 nitrogen and oxygen atoms in total. The Morgan fingerprint density at radius 3 is 1.86 bits per heavy atom. The number of rotatable bonds is 7. The molecule has 122 valence electrons. The quantitative estimate of drug-likeness (QED) is 0.727. The van der Waals surface area contributed by atoms with E-state index in [-0.39, 0.29) is 11.2 Å². The largest absolute Gasteiger partial charge is 0.214 e. The van der Waals surface area contributed by atoms with Crippen LogP contribution in [0.2, 0.25) is 0 Å². The molecule has 0 atom stereocenters. The Balaban J connectivity index is 2.15. The van der Waals surface area contributed by atoms with E-state index in [1.54, 1.807) is 27.0 Å². The van der Waals surface area contributed by atoms with Gasteiger partial charge in [0.2, 0.25) is 10.0 Å². The molecular weight excluding hydrogens is 334 g/mol. The monoisotopic (exact) mass is 357 g/mol. The molecule has 2 aromatic rings. The molecule has 0 aliphatic heterocycles. The van der Waals surface area contributed by atoms with Gasteiger partial charge in [-0.2, -0.15) is 4.31 Å². The fraction of sp³-hybridized carbons (Fsp3) is 0.500. The Hall–Kier alpha value is -0.690. The molecule has 0 unspecified atom stereocenters. The number of thiophene rings is 2. The van der Waals surface area contributed by atoms with E-state index in [1.807, 2.05) is 35.0 Å². The van der Waals surface area contributed by atoms with Crippen molar-refractivity contribution in [3.05, 3.63) is 44.8 Å². The molecule has 2 rings (SSSR count). The molecular formula is C16H23NO2S3. The molecule has 0 saturated heterocycles. The first kappa shape index (κ1) is 17.7. The maximum absolute atomic E-state index is 12.8. The van der Waals surface area contributed by atoms with Crippen LogP contribution in [0, 0.1) is 5.41 Å². The molecule has 0 radical (unpaired) electrons. The summed E-state index contributed by atoms with van der Waals surface area (Å²) in [5, 5.41) is 3.97. The van der Waals surface area contributed by atoms with Crippen molar-refractivity contribution >= 4 is 32.7 Å². The highest BCUT2D eigenvalue weighted by Crippen LogP contribution is 2.24. The molecule has 0 N–H and O–H groups in total. The van der Waals surface area contributed by atoms with Crippen LogP contribution in [0.25, 0.3) is 0 Å². The van der Waals surface area contributed by atoms with E-state index in [1.165, 1.54) is 0 Å². The fourth-order valence-electron chi connectivity index (χ4n) is 1.97. The summed E-state index contributed by atoms with van der Waals surface area (Å²) < 4.78 is 27.2. The number of nitrogens with zero attached hydrogens (tertiary/aromatic N) is 1. The van der Waals surface area contributed by atoms with Crippen molar-refractivity contribution in [2.24, 2.45) is 5.41 Å². The first-order valence-electron chi connectivity index (χ1n) is 7.29. The van der Waals surface area contributed by atoms with Crippen LogP contribution < -0.4 is 0 Å². The van der Waals surface area contributed by atoms with Gasteiger partial charge >= 0.3 is 0 Å². The zero-order valence-electron chi connectivity index (χ0n) is 13.3. The Morgan fingerprint density at radius 1 is 1.00 bits per heavy atom. The summed E-state index contributed by atoms with van der Waals surface area (Å²) in [5.41, 5.74) is 0.0185. The van der Waals surface area contributed by atoms with Gasteiger partial charge in [0.1, 0.15) is 0 Å². The van der Waals surface area contributed by atoms with Crippen molar-refractivity contribution in [2.75, 3.05) is 5.75 Å². The molecule has 0 aliphatic rings. The Kier molecular flexibility index (Phi) is 5.82. The van der Waals surface area contributed by atoms with Gasteiger partial charge in [-0.3, -0.25) is 0 Å². The minimum atomic E-state index is -3.26. The van der Waals surface area contributed by atoms with Gasteiger partial charge in [0.25, 0.3) is 0 Å². The van der Waals surface area contributed by atoms with E-state index < -0.39 is 10.0 Å². The van der Waals surface area contributed by atoms with Crippen molar-refractivity contribution in [1.82, 2.24) is 4.31 Å². The van der Waals surface area contributed by atoms with E-state index in [0.717, 1.165) is 9.75 Å². The highest BCUT2D eigenvalue weighted by atomic mass is 32.2. The molecule has 0 bridgehead atoms. The Labute approximate surface area is 141 Å². The summed E-state index contributed by atoms with van der Waals surface area (Å²) in [6, 6.07) is 7.91. The average molecular weight is 358 g/mol. The van der Waals surface area contributed by atoms with Gasteiger partial charge in [0.15, 0.2) is 0 Å². The zero-order chi connectivity index (χ0) is 16.2. The van der Waals surface area contributed by atoms with Crippen LogP contribution in [-0.2, 0) is 23.1 Å². The van der Waals surface area contributed by atoms with Crippen molar-refractivity contribution in [2.45, 2.75) is 40.3 Å². The molecule has 0 aliphatic carbocycles. The topological polar surface area (TPSA) is 37.4 Å². The second kappa shape index (κ2) is 7.25. The summed E-state index contributed by atoms with van der Waals surface area (Å²) in [6.45, 7) is 7.15. The molecule has 22 heavy (non-hydrogen) atoms. The maximum atomic E-state index is 12.8. The van der Waals surface area contributed by atoms with E-state index in [2.05, 4.69) is 20.8 Å². The van der Waals surface area contributed by atoms with E-state index in [9.17, 15) is 8.42 Å². The van der Waals surface area contributed by atoms with Crippen LogP contribution in [-0.4, -0.2) is 18.5 Å². The Bertz CT molecular complexity index is 617. The Morgan fingerprint density at radius 2 is 1.50 bits per heavy atom. The molecule has 0 fully saturated rings. The first-order chi connectivity index (χ1) is 10.3. The standard InChI is InChI=1S/C16H23NO2S3/c1-16(2,3)8-11-22(18,19)17(12-14-6-4-9-20-14)13-15-7-5-10-21-15/h4-7,9-10H,8,11-13H2,1-3H3. The second-order valence-electron chi connectivity index (χ2n) is 6.55. The van der Waals surface area contributed by atoms with E-state index in [4.69, 9.17) is 0 Å². The SMILES string of the molecule is CC(C)(C)CCS(=O)(=O)N(Cc1cccs1)Cc1cccs1. The van der Waals surface area contributed by atoms with Crippen LogP contribution in [0.15, 0.2) is 35.0 Å². The van der Waals surface area contributed by atoms with Crippen LogP contribution in [0.5, 0.6) is 0 Å². The van der Waals surface area contributed by atoms with Crippen molar-refractivity contribution in [3.8, 4) is 0 Å². The minimum absolute atomic E-state index is 0.0185. The summed E-state index contributed by atoms with van der Waals surface area (Å²) in [4.78, 5) is 2.16. The van der Waals surface area contributed by atoms with Crippen LogP contribution >= 0.6 is 22.7 Å². The fourth-order valence-corrected chi connectivity index (χ4v) is 5.37. The molecule has 0 aromatic carbocycles. The highest BCUT2D eigenvalue weighted by Gasteiger charge is 2.25. The van der Waals surface area contributed by atoms with Crippen molar-refractivity contribution < 1.29 is 8.42 Å². The zero-order valence-corrected chi connectivity index (χ0v) is 15.7. The second-order valence-corrected chi connectivity index (χ2v) is 10.7. The summed E-state index contributed by atoms with van der Waals surface area (Å²) in [5.74, 6) is 0.202. The number of hydrogen-bond acceptors (Lipinski definition) is 4. The molecule has 0 amide bonds. The molecule has 0 spiro atoms. The smallest absolute Gasteiger partial charge is 0.212 e. The van der Waals surface area contributed by atoms with Gasteiger partial charge in [-0.05, 0) is 34.7 Å². The van der Waals surface area contributed by atoms with Gasteiger partial charge in [-0.1, -0.05) is 32.9 Å². The predicted octanol–water partition coefficient (Wildman–Crippen LogP) is 4.58. The van der Waals surface area contributed by atoms with E-state index >= 15 is 0 Å². The number of sulfonamides is 1. The summed E-state index contributed by atoms with van der Waals surface area (Å²) in [7, 11) is -3.26. The van der Waals surface area contributed by atoms with Gasteiger partial charge in [-0.25, -0.2) is 8.42 Å². The summed E-state index contributed by atoms with van der Waals surface area (Å²) >= 11 is 3.20. The number of hydrogen-bond donors (Lipinski definition) is 0. The minimum Gasteiger partial charge on any atom is -0.212 e. The van der Waals surface area contributed by atoms with Crippen LogP contribution in [0.4, 0.5) is 0 Å².